The molecule has 0 atom stereocenters. The van der Waals surface area contributed by atoms with Crippen molar-refractivity contribution in [3.8, 4) is 33.4 Å². The summed E-state index contributed by atoms with van der Waals surface area (Å²) in [6.07, 6.45) is 0. The minimum Gasteiger partial charge on any atom is -0.399 e. The van der Waals surface area contributed by atoms with E-state index in [0.29, 0.717) is 0 Å². The van der Waals surface area contributed by atoms with Crippen molar-refractivity contribution >= 4 is 61.2 Å². The smallest absolute Gasteiger partial charge is 0.399 e. The van der Waals surface area contributed by atoms with Crippen LogP contribution >= 0.6 is 11.3 Å². The number of fused-ring (bicyclic) bond motifs is 13. The highest BCUT2D eigenvalue weighted by molar-refractivity contribution is 7.26. The molecule has 1 aliphatic heterocycles. The highest BCUT2D eigenvalue weighted by Crippen LogP contribution is 2.63. The molecule has 288 valence electrons. The van der Waals surface area contributed by atoms with Gasteiger partial charge in [-0.3, -0.25) is 0 Å². The molecule has 8 aromatic carbocycles. The molecule has 3 nitrogen and oxygen atoms in total. The van der Waals surface area contributed by atoms with Crippen LogP contribution in [0.25, 0.3) is 53.6 Å². The lowest BCUT2D eigenvalue weighted by Gasteiger charge is -2.32. The van der Waals surface area contributed by atoms with Gasteiger partial charge in [-0.2, -0.15) is 0 Å². The number of anilines is 3. The van der Waals surface area contributed by atoms with Gasteiger partial charge in [-0.1, -0.05) is 140 Å². The van der Waals surface area contributed by atoms with Crippen molar-refractivity contribution in [3.05, 3.63) is 204 Å². The molecule has 1 aromatic heterocycles. The van der Waals surface area contributed by atoms with Crippen LogP contribution in [0.4, 0.5) is 17.1 Å². The average molecular weight is 792 g/mol. The molecule has 1 fully saturated rings. The lowest BCUT2D eigenvalue weighted by atomic mass is 9.70. The van der Waals surface area contributed by atoms with Crippen molar-refractivity contribution in [2.24, 2.45) is 0 Å². The predicted molar refractivity (Wildman–Crippen MR) is 251 cm³/mol. The normalized spacial score (nSPS) is 16.2. The fraction of sp³-hybridized carbons (Fsp3) is 0.127. The molecule has 12 rings (SSSR count). The lowest BCUT2D eigenvalue weighted by Crippen LogP contribution is -2.41. The summed E-state index contributed by atoms with van der Waals surface area (Å²) in [5, 5.41) is 2.51. The summed E-state index contributed by atoms with van der Waals surface area (Å²) in [5.41, 5.74) is 16.0. The van der Waals surface area contributed by atoms with Crippen LogP contribution in [0.3, 0.4) is 0 Å². The fourth-order valence-corrected chi connectivity index (χ4v) is 11.5. The zero-order valence-corrected chi connectivity index (χ0v) is 34.9. The molecule has 60 heavy (non-hydrogen) atoms. The van der Waals surface area contributed by atoms with Crippen LogP contribution < -0.4 is 10.4 Å². The van der Waals surface area contributed by atoms with Gasteiger partial charge < -0.3 is 14.2 Å². The maximum atomic E-state index is 6.56. The van der Waals surface area contributed by atoms with Gasteiger partial charge >= 0.3 is 7.12 Å². The van der Waals surface area contributed by atoms with Crippen LogP contribution in [0.2, 0.25) is 0 Å². The van der Waals surface area contributed by atoms with Gasteiger partial charge in [0.2, 0.25) is 0 Å². The number of hydrogen-bond acceptors (Lipinski definition) is 4. The Morgan fingerprint density at radius 1 is 0.433 bits per heavy atom. The van der Waals surface area contributed by atoms with Crippen LogP contribution in [0.15, 0.2) is 182 Å². The molecule has 0 N–H and O–H groups in total. The van der Waals surface area contributed by atoms with Gasteiger partial charge in [0.1, 0.15) is 0 Å². The van der Waals surface area contributed by atoms with Crippen molar-refractivity contribution in [2.75, 3.05) is 4.90 Å². The Labute approximate surface area is 355 Å². The first kappa shape index (κ1) is 35.7. The number of rotatable bonds is 5. The Hall–Kier alpha value is -6.24. The molecule has 0 radical (unpaired) electrons. The molecular weight excluding hydrogens is 749 g/mol. The Kier molecular flexibility index (Phi) is 7.66. The van der Waals surface area contributed by atoms with E-state index >= 15 is 0 Å². The third kappa shape index (κ3) is 4.97. The number of benzene rings is 8. The number of para-hydroxylation sites is 1. The molecule has 2 heterocycles. The summed E-state index contributed by atoms with van der Waals surface area (Å²) in [6, 6.07) is 67.5. The summed E-state index contributed by atoms with van der Waals surface area (Å²) in [4.78, 5) is 2.44. The largest absolute Gasteiger partial charge is 0.494 e. The van der Waals surface area contributed by atoms with Gasteiger partial charge in [0.25, 0.3) is 0 Å². The SMILES string of the molecule is CC1(C)OB(c2cccc(-c3cc(N(c4ccccc4)c4ccc5c(c4)-c4ccccc4C54c5ccccc5-c5ccccc54)cc4c3sc3ccccc34)c2)OC1(C)C. The number of nitrogens with zero attached hydrogens (tertiary/aromatic N) is 1. The molecule has 1 saturated heterocycles. The van der Waals surface area contributed by atoms with Crippen molar-refractivity contribution in [1.29, 1.82) is 0 Å². The third-order valence-corrected chi connectivity index (χ3v) is 14.9. The minimum absolute atomic E-state index is 0.390. The minimum atomic E-state index is -0.451. The maximum absolute atomic E-state index is 6.56. The van der Waals surface area contributed by atoms with Gasteiger partial charge in [-0.15, -0.1) is 11.3 Å². The van der Waals surface area contributed by atoms with Crippen LogP contribution in [0.5, 0.6) is 0 Å². The van der Waals surface area contributed by atoms with Crippen LogP contribution in [-0.4, -0.2) is 18.3 Å². The van der Waals surface area contributed by atoms with E-state index in [1.807, 2.05) is 11.3 Å². The van der Waals surface area contributed by atoms with Gasteiger partial charge in [0.05, 0.1) is 16.6 Å². The first-order valence-electron chi connectivity index (χ1n) is 20.9. The molecule has 1 spiro atoms. The van der Waals surface area contributed by atoms with Gasteiger partial charge in [-0.25, -0.2) is 0 Å². The molecular formula is C55H42BNO2S. The molecule has 0 saturated carbocycles. The second-order valence-corrected chi connectivity index (χ2v) is 18.5. The molecule has 5 heteroatoms. The van der Waals surface area contributed by atoms with E-state index in [4.69, 9.17) is 9.31 Å². The Bertz CT molecular complexity index is 3140. The van der Waals surface area contributed by atoms with E-state index in [1.54, 1.807) is 0 Å². The third-order valence-electron chi connectivity index (χ3n) is 13.7. The zero-order valence-electron chi connectivity index (χ0n) is 34.1. The van der Waals surface area contributed by atoms with Crippen molar-refractivity contribution < 1.29 is 9.31 Å². The van der Waals surface area contributed by atoms with Crippen molar-refractivity contribution in [1.82, 2.24) is 0 Å². The second-order valence-electron chi connectivity index (χ2n) is 17.5. The molecule has 2 aliphatic carbocycles. The Morgan fingerprint density at radius 2 is 1.00 bits per heavy atom. The predicted octanol–water partition coefficient (Wildman–Crippen LogP) is 13.8. The van der Waals surface area contributed by atoms with E-state index < -0.39 is 18.3 Å². The van der Waals surface area contributed by atoms with E-state index in [2.05, 4.69) is 215 Å². The Morgan fingerprint density at radius 3 is 1.68 bits per heavy atom. The molecule has 9 aromatic rings. The fourth-order valence-electron chi connectivity index (χ4n) is 10.2. The van der Waals surface area contributed by atoms with Gasteiger partial charge in [0, 0.05) is 42.8 Å². The van der Waals surface area contributed by atoms with E-state index in [0.717, 1.165) is 28.1 Å². The highest BCUT2D eigenvalue weighted by atomic mass is 32.1. The quantitative estimate of drug-likeness (QED) is 0.162. The summed E-state index contributed by atoms with van der Waals surface area (Å²) in [5.74, 6) is 0. The number of thiophene rings is 1. The van der Waals surface area contributed by atoms with E-state index in [1.165, 1.54) is 70.2 Å². The van der Waals surface area contributed by atoms with E-state index in [-0.39, 0.29) is 5.41 Å². The summed E-state index contributed by atoms with van der Waals surface area (Å²) < 4.78 is 15.7. The molecule has 0 bridgehead atoms. The monoisotopic (exact) mass is 791 g/mol. The lowest BCUT2D eigenvalue weighted by molar-refractivity contribution is 0.00578. The topological polar surface area (TPSA) is 21.7 Å². The summed E-state index contributed by atoms with van der Waals surface area (Å²) >= 11 is 1.86. The van der Waals surface area contributed by atoms with Gasteiger partial charge in [0.15, 0.2) is 0 Å². The Balaban J connectivity index is 1.08. The second kappa shape index (κ2) is 12.9. The standard InChI is InChI=1S/C55H42BNO2S/c1-53(2)54(3,4)59-56(58-53)36-18-16-17-35(31-36)44-33-39(34-46-43-24-11-15-28-51(43)60-52(44)46)57(37-19-6-5-7-20-37)38-29-30-50-45(32-38)42-23-10-14-27-49(42)55(50)47-25-12-8-21-40(47)41-22-9-13-26-48(41)55/h5-34H,1-4H3. The zero-order chi connectivity index (χ0) is 40.4. The van der Waals surface area contributed by atoms with E-state index in [9.17, 15) is 0 Å². The maximum Gasteiger partial charge on any atom is 0.494 e. The molecule has 0 unspecified atom stereocenters. The molecule has 0 amide bonds. The van der Waals surface area contributed by atoms with Crippen LogP contribution in [0, 0.1) is 0 Å². The first-order chi connectivity index (χ1) is 29.2. The van der Waals surface area contributed by atoms with Crippen LogP contribution in [0.1, 0.15) is 49.9 Å². The van der Waals surface area contributed by atoms with Gasteiger partial charge in [-0.05, 0) is 126 Å². The highest BCUT2D eigenvalue weighted by Gasteiger charge is 2.53. The summed E-state index contributed by atoms with van der Waals surface area (Å²) in [7, 11) is -0.451. The molecule has 3 aliphatic rings. The van der Waals surface area contributed by atoms with Crippen molar-refractivity contribution in [3.63, 3.8) is 0 Å². The average Bonchev–Trinajstić information content (AvgIpc) is 3.96. The first-order valence-corrected chi connectivity index (χ1v) is 21.7. The summed E-state index contributed by atoms with van der Waals surface area (Å²) in [6.45, 7) is 8.45. The van der Waals surface area contributed by atoms with Crippen LogP contribution in [-0.2, 0) is 14.7 Å². The number of hydrogen-bond donors (Lipinski definition) is 0. The van der Waals surface area contributed by atoms with Crippen molar-refractivity contribution in [2.45, 2.75) is 44.3 Å².